The maximum absolute atomic E-state index is 13.4. The first kappa shape index (κ1) is 89.7. The van der Waals surface area contributed by atoms with Crippen LogP contribution in [0.2, 0.25) is 0 Å². The Bertz CT molecular complexity index is 2010. The number of unbranched alkanes of at least 4 members (excludes halogenated alkanes) is 38. The van der Waals surface area contributed by atoms with Gasteiger partial charge >= 0.3 is 0 Å². The summed E-state index contributed by atoms with van der Waals surface area (Å²) >= 11 is 0. The summed E-state index contributed by atoms with van der Waals surface area (Å²) in [5.74, 6) is -0.287. The summed E-state index contributed by atoms with van der Waals surface area (Å²) in [6.07, 6.45) is 49.8. The van der Waals surface area contributed by atoms with Crippen molar-refractivity contribution in [1.29, 1.82) is 0 Å². The Balaban J connectivity index is 1.26. The second-order valence-electron chi connectivity index (χ2n) is 28.2. The van der Waals surface area contributed by atoms with Crippen molar-refractivity contribution in [2.45, 2.75) is 407 Å². The first-order valence-corrected chi connectivity index (χ1v) is 39.5. The average molecular weight is 1400 g/mol. The van der Waals surface area contributed by atoms with Crippen LogP contribution in [0.3, 0.4) is 0 Å². The summed E-state index contributed by atoms with van der Waals surface area (Å²) < 4.78 is 34.3. The number of aliphatic hydroxyl groups excluding tert-OH is 11. The maximum Gasteiger partial charge on any atom is 0.220 e. The van der Waals surface area contributed by atoms with E-state index in [0.29, 0.717) is 12.8 Å². The highest BCUT2D eigenvalue weighted by Gasteiger charge is 2.53. The fourth-order valence-corrected chi connectivity index (χ4v) is 13.1. The van der Waals surface area contributed by atoms with Crippen LogP contribution in [0.5, 0.6) is 0 Å². The molecule has 3 fully saturated rings. The molecule has 19 heteroatoms. The molecule has 1 amide bonds. The number of amides is 1. The molecular weight excluding hydrogens is 1250 g/mol. The summed E-state index contributed by atoms with van der Waals surface area (Å²) in [5.41, 5.74) is 0. The molecule has 0 radical (unpaired) electrons. The first-order valence-electron chi connectivity index (χ1n) is 39.5. The number of hydrogen-bond donors (Lipinski definition) is 12. The molecule has 3 aliphatic rings. The number of rotatable bonds is 62. The van der Waals surface area contributed by atoms with Gasteiger partial charge in [-0.2, -0.15) is 0 Å². The summed E-state index contributed by atoms with van der Waals surface area (Å²) in [6.45, 7) is 1.65. The zero-order chi connectivity index (χ0) is 71.1. The molecule has 0 spiro atoms. The smallest absolute Gasteiger partial charge is 0.220 e. The lowest BCUT2D eigenvalue weighted by Gasteiger charge is -2.48. The molecular formula is C79H143NO18. The van der Waals surface area contributed by atoms with Crippen LogP contribution in [0.1, 0.15) is 303 Å². The predicted octanol–water partition coefficient (Wildman–Crippen LogP) is 12.7. The predicted molar refractivity (Wildman–Crippen MR) is 388 cm³/mol. The summed E-state index contributed by atoms with van der Waals surface area (Å²) in [4.78, 5) is 13.4. The van der Waals surface area contributed by atoms with E-state index in [1.807, 2.05) is 6.08 Å². The van der Waals surface area contributed by atoms with Crippen LogP contribution in [0.15, 0.2) is 60.8 Å². The summed E-state index contributed by atoms with van der Waals surface area (Å²) in [7, 11) is 0. The quantitative estimate of drug-likeness (QED) is 0.0199. The SMILES string of the molecule is CCCC/C=C/CC/C=C/CC/C=C/C(O)C(COC1OC(CO)C(OC2OC(CO)C(OC3OC(CO)C(O)C(O)C3O)C(O)C2O)C(O)C1O)NC(=O)CCCCCCCCCCCCCCCCCCCCCCCCCCCCCCC/C=C\C/C=C\CCCCCCC. The van der Waals surface area contributed by atoms with Gasteiger partial charge in [-0.3, -0.25) is 4.79 Å². The molecule has 0 saturated carbocycles. The molecule has 0 aromatic carbocycles. The van der Waals surface area contributed by atoms with Gasteiger partial charge < -0.3 is 89.9 Å². The van der Waals surface area contributed by atoms with E-state index in [2.05, 4.69) is 67.8 Å². The normalized spacial score (nSPS) is 27.1. The lowest BCUT2D eigenvalue weighted by Crippen LogP contribution is -2.66. The van der Waals surface area contributed by atoms with E-state index >= 15 is 0 Å². The summed E-state index contributed by atoms with van der Waals surface area (Å²) in [6, 6.07) is -0.995. The minimum atomic E-state index is -1.98. The maximum atomic E-state index is 13.4. The zero-order valence-corrected chi connectivity index (χ0v) is 61.0. The first-order chi connectivity index (χ1) is 47.8. The van der Waals surface area contributed by atoms with Gasteiger partial charge in [-0.15, -0.1) is 0 Å². The Hall–Kier alpha value is -2.51. The molecule has 12 N–H and O–H groups in total. The van der Waals surface area contributed by atoms with Crippen LogP contribution in [0.25, 0.3) is 0 Å². The minimum Gasteiger partial charge on any atom is -0.394 e. The Morgan fingerprint density at radius 1 is 0.367 bits per heavy atom. The van der Waals surface area contributed by atoms with Gasteiger partial charge in [-0.05, 0) is 70.6 Å². The molecule has 98 heavy (non-hydrogen) atoms. The van der Waals surface area contributed by atoms with Crippen molar-refractivity contribution < 1.29 is 89.4 Å². The molecule has 17 atom stereocenters. The van der Waals surface area contributed by atoms with Gasteiger partial charge in [0, 0.05) is 6.42 Å². The standard InChI is InChI=1S/C79H143NO18/c1-3-5-7-9-11-13-15-17-18-19-20-21-22-23-24-25-26-27-28-29-30-31-32-33-34-35-36-37-38-39-40-41-42-43-44-45-47-49-51-53-55-57-67(85)80-62(63(84)56-54-52-50-48-46-16-14-12-10-8-6-4-2)61-93-77-73(91)70(88)75(65(59-82)95-77)98-79-74(92)71(89)76(66(60-83)96-79)97-78-72(90)69(87)68(86)64(58-81)94-78/h10,12,15,17,19-20,46,48,54,56,62-66,68-79,81-84,86-92H,3-9,11,13-14,16,18,21-45,47,49-53,55,57-61H2,1-2H3,(H,80,85)/b12-10+,17-15-,20-19-,48-46+,56-54+. The van der Waals surface area contributed by atoms with Crippen molar-refractivity contribution in [3.05, 3.63) is 60.8 Å². The second kappa shape index (κ2) is 59.8. The number of nitrogens with one attached hydrogen (secondary N) is 1. The Morgan fingerprint density at radius 3 is 1.11 bits per heavy atom. The van der Waals surface area contributed by atoms with Crippen LogP contribution < -0.4 is 5.32 Å². The van der Waals surface area contributed by atoms with Gasteiger partial charge in [0.1, 0.15) is 73.2 Å². The third kappa shape index (κ3) is 39.9. The van der Waals surface area contributed by atoms with Crippen molar-refractivity contribution in [2.75, 3.05) is 26.4 Å². The van der Waals surface area contributed by atoms with Gasteiger partial charge in [0.15, 0.2) is 18.9 Å². The van der Waals surface area contributed by atoms with Crippen molar-refractivity contribution in [2.24, 2.45) is 0 Å². The molecule has 572 valence electrons. The molecule has 0 aromatic heterocycles. The van der Waals surface area contributed by atoms with Crippen LogP contribution in [-0.4, -0.2) is 193 Å². The van der Waals surface area contributed by atoms with E-state index in [-0.39, 0.29) is 18.9 Å². The molecule has 3 aliphatic heterocycles. The third-order valence-corrected chi connectivity index (χ3v) is 19.5. The van der Waals surface area contributed by atoms with E-state index in [9.17, 15) is 61.0 Å². The molecule has 0 aliphatic carbocycles. The van der Waals surface area contributed by atoms with Crippen molar-refractivity contribution in [3.63, 3.8) is 0 Å². The van der Waals surface area contributed by atoms with Crippen LogP contribution in [0, 0.1) is 0 Å². The minimum absolute atomic E-state index is 0.234. The van der Waals surface area contributed by atoms with Gasteiger partial charge in [0.05, 0.1) is 38.6 Å². The van der Waals surface area contributed by atoms with Crippen molar-refractivity contribution in [3.8, 4) is 0 Å². The monoisotopic (exact) mass is 1390 g/mol. The van der Waals surface area contributed by atoms with Gasteiger partial charge in [0.25, 0.3) is 0 Å². The third-order valence-electron chi connectivity index (χ3n) is 19.5. The molecule has 0 bridgehead atoms. The number of aliphatic hydroxyl groups is 11. The largest absolute Gasteiger partial charge is 0.394 e. The number of allylic oxidation sites excluding steroid dienone is 9. The van der Waals surface area contributed by atoms with Gasteiger partial charge in [-0.1, -0.05) is 286 Å². The number of carbonyl (C=O) groups is 1. The van der Waals surface area contributed by atoms with Crippen LogP contribution in [0.4, 0.5) is 0 Å². The average Bonchev–Trinajstić information content (AvgIpc) is 0.785. The van der Waals surface area contributed by atoms with Crippen LogP contribution in [-0.2, 0) is 33.2 Å². The Morgan fingerprint density at radius 2 is 0.694 bits per heavy atom. The van der Waals surface area contributed by atoms with E-state index in [4.69, 9.17) is 28.4 Å². The molecule has 3 heterocycles. The highest BCUT2D eigenvalue weighted by molar-refractivity contribution is 5.76. The Labute approximate surface area is 592 Å². The fraction of sp³-hybridized carbons (Fsp3) is 0.861. The zero-order valence-electron chi connectivity index (χ0n) is 61.0. The topological polar surface area (TPSA) is 307 Å². The van der Waals surface area contributed by atoms with E-state index in [1.54, 1.807) is 6.08 Å². The van der Waals surface area contributed by atoms with E-state index in [1.165, 1.54) is 218 Å². The molecule has 3 rings (SSSR count). The molecule has 0 aromatic rings. The highest BCUT2D eigenvalue weighted by atomic mass is 16.8. The fourth-order valence-electron chi connectivity index (χ4n) is 13.1. The lowest BCUT2D eigenvalue weighted by molar-refractivity contribution is -0.379. The molecule has 3 saturated heterocycles. The number of carbonyl (C=O) groups excluding carboxylic acids is 1. The molecule has 17 unspecified atom stereocenters. The van der Waals surface area contributed by atoms with E-state index in [0.717, 1.165) is 51.4 Å². The van der Waals surface area contributed by atoms with Gasteiger partial charge in [0.2, 0.25) is 5.91 Å². The second-order valence-corrected chi connectivity index (χ2v) is 28.2. The number of ether oxygens (including phenoxy) is 6. The lowest BCUT2D eigenvalue weighted by atomic mass is 9.96. The van der Waals surface area contributed by atoms with Gasteiger partial charge in [-0.25, -0.2) is 0 Å². The van der Waals surface area contributed by atoms with Crippen molar-refractivity contribution in [1.82, 2.24) is 5.32 Å². The summed E-state index contributed by atoms with van der Waals surface area (Å²) in [5, 5.41) is 120. The van der Waals surface area contributed by atoms with Crippen LogP contribution >= 0.6 is 0 Å². The highest BCUT2D eigenvalue weighted by Crippen LogP contribution is 2.33. The number of hydrogen-bond acceptors (Lipinski definition) is 18. The van der Waals surface area contributed by atoms with Crippen molar-refractivity contribution >= 4 is 5.91 Å². The molecule has 19 nitrogen and oxygen atoms in total. The Kier molecular flexibility index (Phi) is 54.8. The van der Waals surface area contributed by atoms with E-state index < -0.39 is 124 Å².